The Labute approximate surface area is 136 Å². The lowest BCUT2D eigenvalue weighted by Gasteiger charge is -2.06. The van der Waals surface area contributed by atoms with E-state index in [1.807, 2.05) is 0 Å². The van der Waals surface area contributed by atoms with Crippen LogP contribution in [0.2, 0.25) is 5.02 Å². The number of halogens is 2. The summed E-state index contributed by atoms with van der Waals surface area (Å²) < 4.78 is 24.0. The Balaban J connectivity index is 2.04. The molecule has 1 atom stereocenters. The van der Waals surface area contributed by atoms with Crippen molar-refractivity contribution in [2.24, 2.45) is 0 Å². The molecule has 0 bridgehead atoms. The number of esters is 1. The van der Waals surface area contributed by atoms with Gasteiger partial charge in [-0.25, -0.2) is 4.39 Å². The van der Waals surface area contributed by atoms with E-state index >= 15 is 0 Å². The molecule has 1 aromatic carbocycles. The average Bonchev–Trinajstić information content (AvgIpc) is 2.90. The van der Waals surface area contributed by atoms with Crippen molar-refractivity contribution in [1.29, 1.82) is 0 Å². The number of carbonyl (C=O) groups excluding carboxylic acids is 1. The van der Waals surface area contributed by atoms with Gasteiger partial charge in [0.25, 0.3) is 5.22 Å². The number of aromatic nitrogens is 2. The molecule has 5 nitrogen and oxygen atoms in total. The second-order valence-electron chi connectivity index (χ2n) is 4.35. The smallest absolute Gasteiger partial charge is 0.319 e. The number of rotatable bonds is 6. The summed E-state index contributed by atoms with van der Waals surface area (Å²) in [6.45, 7) is 3.73. The van der Waals surface area contributed by atoms with E-state index in [2.05, 4.69) is 10.2 Å². The van der Waals surface area contributed by atoms with Crippen LogP contribution in [-0.2, 0) is 16.0 Å². The Morgan fingerprint density at radius 1 is 1.50 bits per heavy atom. The zero-order valence-corrected chi connectivity index (χ0v) is 13.6. The SMILES string of the molecule is CCOC(=O)C(C)Sc1nnc(Cc2c(F)cccc2Cl)o1. The molecule has 1 aromatic heterocycles. The van der Waals surface area contributed by atoms with Crippen LogP contribution in [0.15, 0.2) is 27.8 Å². The van der Waals surface area contributed by atoms with Gasteiger partial charge < -0.3 is 9.15 Å². The number of ether oxygens (including phenoxy) is 1. The molecule has 0 saturated carbocycles. The van der Waals surface area contributed by atoms with Crippen molar-refractivity contribution < 1.29 is 18.3 Å². The minimum atomic E-state index is -0.467. The van der Waals surface area contributed by atoms with E-state index in [0.717, 1.165) is 11.8 Å². The molecule has 0 spiro atoms. The van der Waals surface area contributed by atoms with Crippen LogP contribution in [0.3, 0.4) is 0 Å². The van der Waals surface area contributed by atoms with Gasteiger partial charge >= 0.3 is 5.97 Å². The predicted octanol–water partition coefficient (Wildman–Crippen LogP) is 3.50. The van der Waals surface area contributed by atoms with Crippen molar-refractivity contribution in [3.05, 3.63) is 40.5 Å². The van der Waals surface area contributed by atoms with Crippen molar-refractivity contribution in [1.82, 2.24) is 10.2 Å². The average molecular weight is 345 g/mol. The van der Waals surface area contributed by atoms with Crippen LogP contribution in [0.1, 0.15) is 25.3 Å². The Kier molecular flexibility index (Phi) is 5.79. The second-order valence-corrected chi connectivity index (χ2v) is 6.05. The highest BCUT2D eigenvalue weighted by atomic mass is 35.5. The lowest BCUT2D eigenvalue weighted by Crippen LogP contribution is -2.16. The van der Waals surface area contributed by atoms with Crippen molar-refractivity contribution in [3.8, 4) is 0 Å². The first kappa shape index (κ1) is 16.8. The van der Waals surface area contributed by atoms with Crippen molar-refractivity contribution in [2.45, 2.75) is 30.7 Å². The molecule has 2 aromatic rings. The standard InChI is InChI=1S/C14H14ClFN2O3S/c1-3-20-13(19)8(2)22-14-18-17-12(21-14)7-9-10(15)5-4-6-11(9)16/h4-6,8H,3,7H2,1-2H3. The zero-order chi connectivity index (χ0) is 16.1. The summed E-state index contributed by atoms with van der Waals surface area (Å²) in [6.07, 6.45) is 0.0901. The van der Waals surface area contributed by atoms with E-state index in [-0.39, 0.29) is 23.5 Å². The molecule has 0 fully saturated rings. The summed E-state index contributed by atoms with van der Waals surface area (Å²) in [4.78, 5) is 11.5. The fourth-order valence-corrected chi connectivity index (χ4v) is 2.60. The summed E-state index contributed by atoms with van der Waals surface area (Å²) in [5.41, 5.74) is 0.294. The maximum atomic E-state index is 13.7. The van der Waals surface area contributed by atoms with Gasteiger partial charge in [0.05, 0.1) is 13.0 Å². The molecule has 0 aliphatic heterocycles. The van der Waals surface area contributed by atoms with E-state index in [1.54, 1.807) is 19.9 Å². The first-order valence-electron chi connectivity index (χ1n) is 6.59. The fourth-order valence-electron chi connectivity index (χ4n) is 1.67. The molecule has 1 heterocycles. The highest BCUT2D eigenvalue weighted by Gasteiger charge is 2.20. The van der Waals surface area contributed by atoms with Gasteiger partial charge in [0.2, 0.25) is 5.89 Å². The van der Waals surface area contributed by atoms with Gasteiger partial charge in [0.1, 0.15) is 11.1 Å². The second kappa shape index (κ2) is 7.60. The van der Waals surface area contributed by atoms with Crippen molar-refractivity contribution in [3.63, 3.8) is 0 Å². The van der Waals surface area contributed by atoms with E-state index in [9.17, 15) is 9.18 Å². The van der Waals surface area contributed by atoms with Crippen LogP contribution >= 0.6 is 23.4 Å². The molecule has 0 aliphatic carbocycles. The minimum Gasteiger partial charge on any atom is -0.465 e. The summed E-state index contributed by atoms with van der Waals surface area (Å²) >= 11 is 7.04. The van der Waals surface area contributed by atoms with Crippen LogP contribution in [0.25, 0.3) is 0 Å². The third-order valence-corrected chi connectivity index (χ3v) is 4.00. The van der Waals surface area contributed by atoms with Crippen LogP contribution in [-0.4, -0.2) is 28.0 Å². The third-order valence-electron chi connectivity index (χ3n) is 2.73. The van der Waals surface area contributed by atoms with Crippen LogP contribution in [0.5, 0.6) is 0 Å². The van der Waals surface area contributed by atoms with E-state index in [4.69, 9.17) is 20.8 Å². The molecule has 1 unspecified atom stereocenters. The normalized spacial score (nSPS) is 12.2. The van der Waals surface area contributed by atoms with Gasteiger partial charge in [-0.1, -0.05) is 29.4 Å². The fraction of sp³-hybridized carbons (Fsp3) is 0.357. The number of thioether (sulfide) groups is 1. The Bertz CT molecular complexity index is 645. The van der Waals surface area contributed by atoms with Crippen LogP contribution in [0.4, 0.5) is 4.39 Å². The Morgan fingerprint density at radius 3 is 2.95 bits per heavy atom. The monoisotopic (exact) mass is 344 g/mol. The lowest BCUT2D eigenvalue weighted by molar-refractivity contribution is -0.142. The minimum absolute atomic E-state index is 0.0901. The molecule has 22 heavy (non-hydrogen) atoms. The molecule has 2 rings (SSSR count). The van der Waals surface area contributed by atoms with Gasteiger partial charge in [0, 0.05) is 10.6 Å². The predicted molar refractivity (Wildman–Crippen MR) is 80.5 cm³/mol. The summed E-state index contributed by atoms with van der Waals surface area (Å²) in [7, 11) is 0. The maximum absolute atomic E-state index is 13.7. The number of nitrogens with zero attached hydrogens (tertiary/aromatic N) is 2. The molecule has 8 heteroatoms. The van der Waals surface area contributed by atoms with Crippen molar-refractivity contribution in [2.75, 3.05) is 6.61 Å². The largest absolute Gasteiger partial charge is 0.465 e. The molecule has 0 amide bonds. The highest BCUT2D eigenvalue weighted by molar-refractivity contribution is 8.00. The molecule has 0 N–H and O–H groups in total. The number of hydrogen-bond donors (Lipinski definition) is 0. The first-order chi connectivity index (χ1) is 10.5. The van der Waals surface area contributed by atoms with Crippen molar-refractivity contribution >= 4 is 29.3 Å². The van der Waals surface area contributed by atoms with Gasteiger partial charge in [-0.2, -0.15) is 0 Å². The van der Waals surface area contributed by atoms with E-state index in [1.165, 1.54) is 12.1 Å². The summed E-state index contributed by atoms with van der Waals surface area (Å²) in [5.74, 6) is -0.560. The van der Waals surface area contributed by atoms with Crippen LogP contribution < -0.4 is 0 Å². The van der Waals surface area contributed by atoms with Gasteiger partial charge in [-0.3, -0.25) is 4.79 Å². The molecule has 118 valence electrons. The van der Waals surface area contributed by atoms with E-state index < -0.39 is 11.1 Å². The molecule has 0 saturated heterocycles. The maximum Gasteiger partial charge on any atom is 0.319 e. The number of benzene rings is 1. The summed E-state index contributed by atoms with van der Waals surface area (Å²) in [6, 6.07) is 4.43. The van der Waals surface area contributed by atoms with Gasteiger partial charge in [0.15, 0.2) is 0 Å². The number of carbonyl (C=O) groups is 1. The Hall–Kier alpha value is -1.60. The third kappa shape index (κ3) is 4.20. The number of hydrogen-bond acceptors (Lipinski definition) is 6. The van der Waals surface area contributed by atoms with Gasteiger partial charge in [-0.05, 0) is 26.0 Å². The highest BCUT2D eigenvalue weighted by Crippen LogP contribution is 2.25. The Morgan fingerprint density at radius 2 is 2.27 bits per heavy atom. The van der Waals surface area contributed by atoms with E-state index in [0.29, 0.717) is 17.2 Å². The zero-order valence-electron chi connectivity index (χ0n) is 12.0. The lowest BCUT2D eigenvalue weighted by atomic mass is 10.1. The topological polar surface area (TPSA) is 65.2 Å². The van der Waals surface area contributed by atoms with Gasteiger partial charge in [-0.15, -0.1) is 10.2 Å². The molecular weight excluding hydrogens is 331 g/mol. The first-order valence-corrected chi connectivity index (χ1v) is 7.85. The molecule has 0 aliphatic rings. The molecule has 0 radical (unpaired) electrons. The molecular formula is C14H14ClFN2O3S. The van der Waals surface area contributed by atoms with Crippen LogP contribution in [0, 0.1) is 5.82 Å². The summed E-state index contributed by atoms with van der Waals surface area (Å²) in [5, 5.41) is 7.72. The quantitative estimate of drug-likeness (QED) is 0.590.